The minimum atomic E-state index is -0.441. The van der Waals surface area contributed by atoms with Crippen LogP contribution < -0.4 is 5.32 Å². The number of benzene rings is 1. The fourth-order valence-corrected chi connectivity index (χ4v) is 4.72. The third-order valence-electron chi connectivity index (χ3n) is 5.12. The van der Waals surface area contributed by atoms with E-state index in [-0.39, 0.29) is 12.5 Å². The molecule has 0 saturated carbocycles. The number of aryl methyl sites for hydroxylation is 4. The number of hydrogen-bond acceptors (Lipinski definition) is 5. The van der Waals surface area contributed by atoms with Crippen molar-refractivity contribution >= 4 is 28.9 Å². The Morgan fingerprint density at radius 3 is 2.66 bits per heavy atom. The summed E-state index contributed by atoms with van der Waals surface area (Å²) in [5.74, 6) is -0.819. The summed E-state index contributed by atoms with van der Waals surface area (Å²) in [6.07, 6.45) is 3.19. The van der Waals surface area contributed by atoms with Gasteiger partial charge in [0.15, 0.2) is 6.61 Å². The maximum Gasteiger partial charge on any atom is 0.348 e. The number of nitrogens with one attached hydrogen (secondary N) is 1. The molecule has 0 spiro atoms. The maximum atomic E-state index is 12.4. The number of carbonyl (C=O) groups is 2. The highest BCUT2D eigenvalue weighted by Crippen LogP contribution is 2.31. The summed E-state index contributed by atoms with van der Waals surface area (Å²) in [4.78, 5) is 26.4. The number of anilines is 1. The van der Waals surface area contributed by atoms with E-state index in [0.29, 0.717) is 16.3 Å². The summed E-state index contributed by atoms with van der Waals surface area (Å²) in [7, 11) is 0. The summed E-state index contributed by atoms with van der Waals surface area (Å²) in [6, 6.07) is 9.90. The van der Waals surface area contributed by atoms with Gasteiger partial charge in [-0.05, 0) is 63.8 Å². The molecule has 1 N–H and O–H groups in total. The average molecular weight is 410 g/mol. The Bertz CT molecular complexity index is 1060. The molecule has 3 aromatic rings. The van der Waals surface area contributed by atoms with E-state index in [1.807, 2.05) is 51.1 Å². The van der Waals surface area contributed by atoms with Crippen molar-refractivity contribution in [2.75, 3.05) is 11.9 Å². The van der Waals surface area contributed by atoms with Crippen molar-refractivity contribution in [2.24, 2.45) is 0 Å². The molecule has 1 aliphatic rings. The molecule has 0 fully saturated rings. The molecule has 150 valence electrons. The summed E-state index contributed by atoms with van der Waals surface area (Å²) >= 11 is 1.47. The first-order valence-corrected chi connectivity index (χ1v) is 10.5. The Hall–Kier alpha value is -2.93. The molecular formula is C22H23N3O3S. The second-order valence-corrected chi connectivity index (χ2v) is 8.47. The fraction of sp³-hybridized carbons (Fsp3) is 0.318. The molecule has 6 nitrogen and oxygen atoms in total. The molecule has 4 rings (SSSR count). The first-order chi connectivity index (χ1) is 13.9. The first kappa shape index (κ1) is 19.4. The Kier molecular flexibility index (Phi) is 5.24. The summed E-state index contributed by atoms with van der Waals surface area (Å²) in [5, 5.41) is 7.36. The van der Waals surface area contributed by atoms with E-state index < -0.39 is 5.97 Å². The van der Waals surface area contributed by atoms with Crippen LogP contribution in [0.1, 0.15) is 43.5 Å². The fourth-order valence-electron chi connectivity index (χ4n) is 3.57. The maximum absolute atomic E-state index is 12.4. The number of esters is 1. The minimum absolute atomic E-state index is 0.323. The van der Waals surface area contributed by atoms with Crippen LogP contribution in [0.5, 0.6) is 0 Å². The molecule has 1 amide bonds. The molecule has 0 atom stereocenters. The van der Waals surface area contributed by atoms with E-state index in [2.05, 4.69) is 10.4 Å². The highest BCUT2D eigenvalue weighted by atomic mass is 32.1. The zero-order chi connectivity index (χ0) is 20.5. The van der Waals surface area contributed by atoms with Crippen LogP contribution in [0.4, 0.5) is 5.69 Å². The average Bonchev–Trinajstić information content (AvgIpc) is 3.37. The van der Waals surface area contributed by atoms with Gasteiger partial charge in [0.05, 0.1) is 22.8 Å². The third kappa shape index (κ3) is 3.96. The molecule has 1 aliphatic carbocycles. The first-order valence-electron chi connectivity index (χ1n) is 9.64. The van der Waals surface area contributed by atoms with Crippen molar-refractivity contribution in [1.29, 1.82) is 0 Å². The van der Waals surface area contributed by atoms with E-state index in [9.17, 15) is 9.59 Å². The zero-order valence-electron chi connectivity index (χ0n) is 16.7. The van der Waals surface area contributed by atoms with Crippen LogP contribution in [-0.4, -0.2) is 28.3 Å². The molecule has 7 heteroatoms. The number of amides is 1. The van der Waals surface area contributed by atoms with Crippen molar-refractivity contribution in [3.8, 4) is 5.69 Å². The molecular weight excluding hydrogens is 386 g/mol. The van der Waals surface area contributed by atoms with Crippen LogP contribution >= 0.6 is 11.3 Å². The molecule has 2 heterocycles. The summed E-state index contributed by atoms with van der Waals surface area (Å²) in [5.41, 5.74) is 5.50. The number of nitrogens with zero attached hydrogens (tertiary/aromatic N) is 2. The van der Waals surface area contributed by atoms with E-state index in [4.69, 9.17) is 4.74 Å². The van der Waals surface area contributed by atoms with Crippen molar-refractivity contribution in [3.05, 3.63) is 62.6 Å². The third-order valence-corrected chi connectivity index (χ3v) is 6.33. The number of aromatic nitrogens is 2. The van der Waals surface area contributed by atoms with Gasteiger partial charge in [-0.1, -0.05) is 17.7 Å². The van der Waals surface area contributed by atoms with Gasteiger partial charge in [-0.3, -0.25) is 4.79 Å². The molecule has 29 heavy (non-hydrogen) atoms. The van der Waals surface area contributed by atoms with Gasteiger partial charge in [-0.15, -0.1) is 11.3 Å². The Balaban J connectivity index is 1.40. The lowest BCUT2D eigenvalue weighted by molar-refractivity contribution is -0.119. The minimum Gasteiger partial charge on any atom is -0.451 e. The number of carbonyl (C=O) groups excluding carboxylic acids is 2. The van der Waals surface area contributed by atoms with Crippen molar-refractivity contribution in [2.45, 2.75) is 40.0 Å². The second-order valence-electron chi connectivity index (χ2n) is 7.33. The smallest absolute Gasteiger partial charge is 0.348 e. The summed E-state index contributed by atoms with van der Waals surface area (Å²) < 4.78 is 7.01. The lowest BCUT2D eigenvalue weighted by atomic mass is 10.2. The highest BCUT2D eigenvalue weighted by Gasteiger charge is 2.21. The Morgan fingerprint density at radius 2 is 1.93 bits per heavy atom. The SMILES string of the molecule is Cc1ccc(-n2nc(C)c(NC(=O)COC(=O)c3cc4c(s3)CCC4)c2C)cc1. The van der Waals surface area contributed by atoms with Crippen LogP contribution in [0, 0.1) is 20.8 Å². The molecule has 0 unspecified atom stereocenters. The van der Waals surface area contributed by atoms with Gasteiger partial charge < -0.3 is 10.1 Å². The quantitative estimate of drug-likeness (QED) is 0.643. The number of rotatable bonds is 5. The Morgan fingerprint density at radius 1 is 1.17 bits per heavy atom. The van der Waals surface area contributed by atoms with Gasteiger partial charge in [0, 0.05) is 4.88 Å². The number of fused-ring (bicyclic) bond motifs is 1. The van der Waals surface area contributed by atoms with Crippen LogP contribution in [-0.2, 0) is 22.4 Å². The molecule has 0 radical (unpaired) electrons. The largest absolute Gasteiger partial charge is 0.451 e. The van der Waals surface area contributed by atoms with Crippen LogP contribution in [0.2, 0.25) is 0 Å². The highest BCUT2D eigenvalue weighted by molar-refractivity contribution is 7.14. The predicted octanol–water partition coefficient (Wildman–Crippen LogP) is 4.14. The Labute approximate surface area is 173 Å². The standard InChI is InChI=1S/C22H23N3O3S/c1-13-7-9-17(10-8-13)25-15(3)21(14(2)24-25)23-20(26)12-28-22(27)19-11-16-5-4-6-18(16)29-19/h7-11H,4-6,12H2,1-3H3,(H,23,26). The zero-order valence-corrected chi connectivity index (χ0v) is 17.6. The van der Waals surface area contributed by atoms with Crippen molar-refractivity contribution in [3.63, 3.8) is 0 Å². The molecule has 0 bridgehead atoms. The topological polar surface area (TPSA) is 73.2 Å². The predicted molar refractivity (Wildman–Crippen MR) is 113 cm³/mol. The number of thiophene rings is 1. The number of ether oxygens (including phenoxy) is 1. The van der Waals surface area contributed by atoms with Gasteiger partial charge in [0.25, 0.3) is 5.91 Å². The van der Waals surface area contributed by atoms with Gasteiger partial charge in [0.2, 0.25) is 0 Å². The lowest BCUT2D eigenvalue weighted by Crippen LogP contribution is -2.21. The van der Waals surface area contributed by atoms with Gasteiger partial charge in [0.1, 0.15) is 4.88 Å². The molecule has 0 aliphatic heterocycles. The molecule has 0 saturated heterocycles. The van der Waals surface area contributed by atoms with E-state index in [1.54, 1.807) is 4.68 Å². The van der Waals surface area contributed by atoms with E-state index in [0.717, 1.165) is 30.6 Å². The van der Waals surface area contributed by atoms with Crippen molar-refractivity contribution in [1.82, 2.24) is 9.78 Å². The second kappa shape index (κ2) is 7.83. The number of hydrogen-bond donors (Lipinski definition) is 1. The van der Waals surface area contributed by atoms with E-state index >= 15 is 0 Å². The van der Waals surface area contributed by atoms with Gasteiger partial charge in [-0.2, -0.15) is 5.10 Å². The van der Waals surface area contributed by atoms with Gasteiger partial charge in [-0.25, -0.2) is 9.48 Å². The van der Waals surface area contributed by atoms with Crippen molar-refractivity contribution < 1.29 is 14.3 Å². The van der Waals surface area contributed by atoms with E-state index in [1.165, 1.54) is 27.3 Å². The normalized spacial score (nSPS) is 12.7. The van der Waals surface area contributed by atoms with Crippen LogP contribution in [0.15, 0.2) is 30.3 Å². The van der Waals surface area contributed by atoms with Gasteiger partial charge >= 0.3 is 5.97 Å². The van der Waals surface area contributed by atoms with Crippen LogP contribution in [0.3, 0.4) is 0 Å². The monoisotopic (exact) mass is 409 g/mol. The molecule has 2 aromatic heterocycles. The molecule has 1 aromatic carbocycles. The lowest BCUT2D eigenvalue weighted by Gasteiger charge is -2.08. The van der Waals surface area contributed by atoms with Crippen LogP contribution in [0.25, 0.3) is 5.69 Å². The summed E-state index contributed by atoms with van der Waals surface area (Å²) in [6.45, 7) is 5.44.